The molecule has 3 aromatic rings. The number of likely N-dealkylation sites (tertiary alicyclic amines) is 1. The lowest BCUT2D eigenvalue weighted by Crippen LogP contribution is -2.40. The summed E-state index contributed by atoms with van der Waals surface area (Å²) in [6, 6.07) is 17.3. The Labute approximate surface area is 209 Å². The van der Waals surface area contributed by atoms with Crippen molar-refractivity contribution in [1.82, 2.24) is 4.90 Å². The van der Waals surface area contributed by atoms with Crippen molar-refractivity contribution in [3.8, 4) is 5.75 Å². The van der Waals surface area contributed by atoms with E-state index in [4.69, 9.17) is 21.3 Å². The second kappa shape index (κ2) is 10.5. The third-order valence-electron chi connectivity index (χ3n) is 6.30. The zero-order valence-corrected chi connectivity index (χ0v) is 20.0. The van der Waals surface area contributed by atoms with E-state index in [2.05, 4.69) is 0 Å². The maximum absolute atomic E-state index is 13.4. The van der Waals surface area contributed by atoms with E-state index in [1.807, 2.05) is 11.0 Å². The van der Waals surface area contributed by atoms with Gasteiger partial charge in [-0.3, -0.25) is 25.3 Å². The molecule has 0 bridgehead atoms. The quantitative estimate of drug-likeness (QED) is 0.296. The summed E-state index contributed by atoms with van der Waals surface area (Å²) < 4.78 is 6.08. The van der Waals surface area contributed by atoms with E-state index in [0.29, 0.717) is 28.4 Å². The van der Waals surface area contributed by atoms with Crippen LogP contribution < -0.4 is 15.4 Å². The summed E-state index contributed by atoms with van der Waals surface area (Å²) in [5, 5.41) is 26.5. The molecule has 36 heavy (non-hydrogen) atoms. The number of piperidine rings is 1. The van der Waals surface area contributed by atoms with E-state index in [-0.39, 0.29) is 11.9 Å². The number of carboxylic acid groups (broad SMARTS) is 1. The molecule has 1 amide bonds. The summed E-state index contributed by atoms with van der Waals surface area (Å²) in [6.45, 7) is 2.84. The van der Waals surface area contributed by atoms with Crippen LogP contribution in [0.5, 0.6) is 5.75 Å². The van der Waals surface area contributed by atoms with Crippen molar-refractivity contribution < 1.29 is 19.4 Å². The smallest absolute Gasteiger partial charge is 0.323 e. The topological polar surface area (TPSA) is 144 Å². The van der Waals surface area contributed by atoms with E-state index in [1.54, 1.807) is 61.5 Å². The summed E-state index contributed by atoms with van der Waals surface area (Å²) in [5.41, 5.74) is 6.92. The molecule has 0 aliphatic carbocycles. The Morgan fingerprint density at radius 2 is 1.61 bits per heavy atom. The Kier molecular flexibility index (Phi) is 7.19. The number of nitrogen functional groups attached to an aromatic ring is 1. The number of aliphatic carboxylic acids is 1. The highest BCUT2D eigenvalue weighted by Crippen LogP contribution is 2.25. The number of carbonyl (C=O) groups excluding carboxylic acids is 1. The van der Waals surface area contributed by atoms with E-state index < -0.39 is 18.4 Å². The number of ether oxygens (including phenoxy) is 1. The summed E-state index contributed by atoms with van der Waals surface area (Å²) in [7, 11) is 0. The van der Waals surface area contributed by atoms with Gasteiger partial charge in [0.2, 0.25) is 0 Å². The van der Waals surface area contributed by atoms with Gasteiger partial charge in [-0.15, -0.1) is 0 Å². The Bertz CT molecular complexity index is 1310. The van der Waals surface area contributed by atoms with Crippen LogP contribution >= 0.6 is 0 Å². The molecule has 1 heterocycles. The molecule has 0 aromatic heterocycles. The zero-order valence-electron chi connectivity index (χ0n) is 20.0. The zero-order chi connectivity index (χ0) is 25.8. The second-order valence-corrected chi connectivity index (χ2v) is 8.86. The molecule has 0 spiro atoms. The molecule has 0 saturated carbocycles. The molecule has 1 fully saturated rings. The first-order chi connectivity index (χ1) is 17.2. The molecule has 3 aromatic carbocycles. The van der Waals surface area contributed by atoms with Crippen molar-refractivity contribution in [2.75, 3.05) is 24.5 Å². The van der Waals surface area contributed by atoms with Gasteiger partial charge in [-0.05, 0) is 60.2 Å². The van der Waals surface area contributed by atoms with Crippen molar-refractivity contribution in [1.29, 1.82) is 10.8 Å². The monoisotopic (exact) mass is 487 g/mol. The maximum atomic E-state index is 13.4. The van der Waals surface area contributed by atoms with Gasteiger partial charge in [-0.2, -0.15) is 0 Å². The molecule has 0 radical (unpaired) electrons. The molecule has 4 rings (SSSR count). The summed E-state index contributed by atoms with van der Waals surface area (Å²) in [5.74, 6) is -0.438. The highest BCUT2D eigenvalue weighted by atomic mass is 16.5. The molecule has 5 N–H and O–H groups in total. The minimum absolute atomic E-state index is 0.0423. The van der Waals surface area contributed by atoms with Gasteiger partial charge in [0.15, 0.2) is 0 Å². The number of anilines is 1. The summed E-state index contributed by atoms with van der Waals surface area (Å²) in [6.07, 6.45) is 1.67. The average molecular weight is 488 g/mol. The normalized spacial score (nSPS) is 13.9. The molecule has 9 nitrogen and oxygen atoms in total. The highest BCUT2D eigenvalue weighted by molar-refractivity contribution is 6.10. The number of nitrogens with zero attached hydrogens (tertiary/aromatic N) is 2. The number of carbonyl (C=O) groups is 2. The van der Waals surface area contributed by atoms with Crippen molar-refractivity contribution in [3.63, 3.8) is 0 Å². The van der Waals surface area contributed by atoms with Crippen LogP contribution in [0.4, 0.5) is 5.69 Å². The van der Waals surface area contributed by atoms with Gasteiger partial charge in [0.05, 0.1) is 5.84 Å². The third kappa shape index (κ3) is 5.63. The number of hydrogen-bond donors (Lipinski definition) is 4. The summed E-state index contributed by atoms with van der Waals surface area (Å²) in [4.78, 5) is 28.2. The molecule has 1 aliphatic heterocycles. The average Bonchev–Trinajstić information content (AvgIpc) is 2.87. The number of benzene rings is 3. The first-order valence-electron chi connectivity index (χ1n) is 11.7. The number of fused-ring (bicyclic) bond motifs is 1. The van der Waals surface area contributed by atoms with Gasteiger partial charge in [-0.1, -0.05) is 18.2 Å². The Hall–Kier alpha value is -4.40. The molecule has 186 valence electrons. The van der Waals surface area contributed by atoms with E-state index >= 15 is 0 Å². The predicted molar refractivity (Wildman–Crippen MR) is 139 cm³/mol. The number of carboxylic acids is 1. The number of amidine groups is 2. The second-order valence-electron chi connectivity index (χ2n) is 8.86. The van der Waals surface area contributed by atoms with Gasteiger partial charge in [0.1, 0.15) is 24.2 Å². The van der Waals surface area contributed by atoms with Crippen LogP contribution in [0.2, 0.25) is 0 Å². The first kappa shape index (κ1) is 24.7. The van der Waals surface area contributed by atoms with E-state index in [0.717, 1.165) is 36.7 Å². The Morgan fingerprint density at radius 3 is 2.19 bits per heavy atom. The standard InChI is InChI=1S/C27H29N5O4/c1-17(28)31-12-10-24(11-13-31)36-23-8-6-22(7-9-23)32(16-25(33)34)27(35)20-5-3-18-2-4-19(26(29)30)14-21(18)15-20/h2-9,14-15,24,28H,10-13,16H2,1H3,(H3,29,30)(H,33,34). The van der Waals surface area contributed by atoms with Gasteiger partial charge >= 0.3 is 5.97 Å². The lowest BCUT2D eigenvalue weighted by Gasteiger charge is -2.32. The SMILES string of the molecule is CC(=N)N1CCC(Oc2ccc(N(CC(=O)O)C(=O)c3ccc4ccc(C(=N)N)cc4c3)cc2)CC1. The van der Waals surface area contributed by atoms with Gasteiger partial charge < -0.3 is 20.5 Å². The van der Waals surface area contributed by atoms with Crippen molar-refractivity contribution in [2.24, 2.45) is 5.73 Å². The lowest BCUT2D eigenvalue weighted by molar-refractivity contribution is -0.135. The van der Waals surface area contributed by atoms with Crippen LogP contribution in [0, 0.1) is 10.8 Å². The van der Waals surface area contributed by atoms with Crippen LogP contribution in [-0.4, -0.2) is 59.3 Å². The Morgan fingerprint density at radius 1 is 1.00 bits per heavy atom. The lowest BCUT2D eigenvalue weighted by atomic mass is 10.0. The number of rotatable bonds is 7. The van der Waals surface area contributed by atoms with Crippen LogP contribution in [0.15, 0.2) is 60.7 Å². The number of nitrogens with two attached hydrogens (primary N) is 1. The maximum Gasteiger partial charge on any atom is 0.323 e. The minimum atomic E-state index is -1.13. The van der Waals surface area contributed by atoms with Crippen molar-refractivity contribution >= 4 is 40.0 Å². The number of amides is 1. The van der Waals surface area contributed by atoms with Crippen molar-refractivity contribution in [3.05, 3.63) is 71.8 Å². The fraction of sp³-hybridized carbons (Fsp3) is 0.259. The fourth-order valence-electron chi connectivity index (χ4n) is 4.32. The van der Waals surface area contributed by atoms with Gasteiger partial charge in [-0.25, -0.2) is 0 Å². The first-order valence-corrected chi connectivity index (χ1v) is 11.7. The van der Waals surface area contributed by atoms with Crippen LogP contribution in [-0.2, 0) is 4.79 Å². The Balaban J connectivity index is 1.52. The third-order valence-corrected chi connectivity index (χ3v) is 6.30. The minimum Gasteiger partial charge on any atom is -0.490 e. The fourth-order valence-corrected chi connectivity index (χ4v) is 4.32. The predicted octanol–water partition coefficient (Wildman–Crippen LogP) is 3.70. The van der Waals surface area contributed by atoms with E-state index in [1.165, 1.54) is 4.90 Å². The molecular weight excluding hydrogens is 458 g/mol. The molecule has 1 saturated heterocycles. The molecular formula is C27H29N5O4. The van der Waals surface area contributed by atoms with Gasteiger partial charge in [0, 0.05) is 42.7 Å². The van der Waals surface area contributed by atoms with Crippen LogP contribution in [0.1, 0.15) is 35.7 Å². The van der Waals surface area contributed by atoms with Crippen molar-refractivity contribution in [2.45, 2.75) is 25.9 Å². The van der Waals surface area contributed by atoms with E-state index in [9.17, 15) is 14.7 Å². The molecule has 1 aliphatic rings. The highest BCUT2D eigenvalue weighted by Gasteiger charge is 2.23. The molecule has 0 unspecified atom stereocenters. The number of nitrogens with one attached hydrogen (secondary N) is 2. The summed E-state index contributed by atoms with van der Waals surface area (Å²) >= 11 is 0. The number of hydrogen-bond acceptors (Lipinski definition) is 5. The van der Waals surface area contributed by atoms with Crippen LogP contribution in [0.25, 0.3) is 10.8 Å². The molecule has 0 atom stereocenters. The molecule has 9 heteroatoms. The largest absolute Gasteiger partial charge is 0.490 e. The van der Waals surface area contributed by atoms with Crippen LogP contribution in [0.3, 0.4) is 0 Å². The van der Waals surface area contributed by atoms with Gasteiger partial charge in [0.25, 0.3) is 5.91 Å².